The Morgan fingerprint density at radius 1 is 0.552 bits per heavy atom. The van der Waals surface area contributed by atoms with Gasteiger partial charge in [0.2, 0.25) is 0 Å². The minimum absolute atomic E-state index is 0.939. The molecule has 6 heterocycles. The van der Waals surface area contributed by atoms with Crippen LogP contribution >= 0.6 is 0 Å². The lowest BCUT2D eigenvalue weighted by molar-refractivity contribution is 1.09. The highest BCUT2D eigenvalue weighted by atomic mass is 15.1. The van der Waals surface area contributed by atoms with Gasteiger partial charge in [-0.1, -0.05) is 0 Å². The van der Waals surface area contributed by atoms with Crippen LogP contribution < -0.4 is 0 Å². The van der Waals surface area contributed by atoms with Crippen LogP contribution in [0.15, 0.2) is 67.0 Å². The summed E-state index contributed by atoms with van der Waals surface area (Å²) >= 11 is 0. The first-order valence-corrected chi connectivity index (χ1v) is 9.28. The Bertz CT molecular complexity index is 1160. The van der Waals surface area contributed by atoms with Crippen LogP contribution in [0.25, 0.3) is 46.4 Å². The van der Waals surface area contributed by atoms with E-state index in [1.807, 2.05) is 54.6 Å². The molecule has 6 heteroatoms. The third-order valence-corrected chi connectivity index (χ3v) is 4.45. The van der Waals surface area contributed by atoms with E-state index in [4.69, 9.17) is 0 Å². The lowest BCUT2D eigenvalue weighted by Gasteiger charge is -1.85. The smallest absolute Gasteiger partial charge is 0.0658 e. The number of hydrogen-bond acceptors (Lipinski definition) is 3. The molecule has 0 saturated heterocycles. The van der Waals surface area contributed by atoms with Gasteiger partial charge in [-0.05, 0) is 78.9 Å². The van der Waals surface area contributed by atoms with Crippen molar-refractivity contribution in [1.82, 2.24) is 30.1 Å². The molecule has 4 aromatic rings. The summed E-state index contributed by atoms with van der Waals surface area (Å²) in [6, 6.07) is 18.2. The summed E-state index contributed by atoms with van der Waals surface area (Å²) in [7, 11) is 0. The molecule has 0 radical (unpaired) electrons. The number of hydrogen-bond donors (Lipinski definition) is 3. The Morgan fingerprint density at radius 2 is 0.966 bits per heavy atom. The van der Waals surface area contributed by atoms with E-state index in [9.17, 15) is 0 Å². The van der Waals surface area contributed by atoms with Gasteiger partial charge in [0.15, 0.2) is 0 Å². The van der Waals surface area contributed by atoms with Crippen LogP contribution in [-0.2, 0) is 0 Å². The molecule has 6 nitrogen and oxygen atoms in total. The van der Waals surface area contributed by atoms with Crippen molar-refractivity contribution in [2.45, 2.75) is 0 Å². The Balaban J connectivity index is 0.000000319. The molecule has 140 valence electrons. The predicted octanol–water partition coefficient (Wildman–Crippen LogP) is 5.07. The zero-order valence-electron chi connectivity index (χ0n) is 15.5. The molecule has 0 amide bonds. The van der Waals surface area contributed by atoms with Gasteiger partial charge in [-0.3, -0.25) is 5.10 Å². The number of aromatic nitrogens is 6. The molecule has 0 spiro atoms. The van der Waals surface area contributed by atoms with E-state index in [1.165, 1.54) is 0 Å². The minimum atomic E-state index is 0.939. The van der Waals surface area contributed by atoms with Gasteiger partial charge in [0.05, 0.1) is 22.8 Å². The number of nitrogens with zero attached hydrogens (tertiary/aromatic N) is 3. The highest BCUT2D eigenvalue weighted by Crippen LogP contribution is 2.16. The van der Waals surface area contributed by atoms with Crippen molar-refractivity contribution in [3.63, 3.8) is 0 Å². The summed E-state index contributed by atoms with van der Waals surface area (Å²) in [6.07, 6.45) is 11.5. The second kappa shape index (κ2) is 7.44. The maximum absolute atomic E-state index is 4.63. The number of H-pyrrole nitrogens is 3. The van der Waals surface area contributed by atoms with Gasteiger partial charge in [0.1, 0.15) is 0 Å². The van der Waals surface area contributed by atoms with Crippen molar-refractivity contribution in [3.8, 4) is 0 Å². The summed E-state index contributed by atoms with van der Waals surface area (Å²) in [6.45, 7) is 0. The van der Waals surface area contributed by atoms with Gasteiger partial charge >= 0.3 is 0 Å². The van der Waals surface area contributed by atoms with Gasteiger partial charge in [-0.2, -0.15) is 5.10 Å². The average Bonchev–Trinajstić information content (AvgIpc) is 3.50. The van der Waals surface area contributed by atoms with E-state index >= 15 is 0 Å². The molecule has 0 aromatic carbocycles. The van der Waals surface area contributed by atoms with Crippen molar-refractivity contribution in [2.75, 3.05) is 0 Å². The SMILES string of the molecule is C1=Cc2cc3ccc(cc4nc(cc5ccc(cc1n2)[nH]5)C=C4)[nH]3.c1cn[nH]c1. The quantitative estimate of drug-likeness (QED) is 0.345. The molecule has 0 saturated carbocycles. The van der Waals surface area contributed by atoms with Crippen molar-refractivity contribution >= 4 is 46.4 Å². The van der Waals surface area contributed by atoms with E-state index in [2.05, 4.69) is 54.4 Å². The number of nitrogens with one attached hydrogen (secondary N) is 3. The molecule has 4 aromatic heterocycles. The molecule has 0 unspecified atom stereocenters. The number of rotatable bonds is 0. The Labute approximate surface area is 166 Å². The number of fused-ring (bicyclic) bond motifs is 8. The van der Waals surface area contributed by atoms with Gasteiger partial charge in [-0.25, -0.2) is 9.97 Å². The monoisotopic (exact) mass is 378 g/mol. The number of aromatic amines is 3. The molecule has 0 fully saturated rings. The first kappa shape index (κ1) is 16.9. The van der Waals surface area contributed by atoms with Crippen molar-refractivity contribution in [3.05, 3.63) is 89.8 Å². The fourth-order valence-corrected chi connectivity index (χ4v) is 3.16. The van der Waals surface area contributed by atoms with Crippen molar-refractivity contribution in [1.29, 1.82) is 0 Å². The molecule has 3 N–H and O–H groups in total. The van der Waals surface area contributed by atoms with E-state index in [0.717, 1.165) is 44.8 Å². The lowest BCUT2D eigenvalue weighted by atomic mass is 10.3. The molecule has 2 aliphatic rings. The van der Waals surface area contributed by atoms with Crippen LogP contribution in [0.4, 0.5) is 0 Å². The maximum Gasteiger partial charge on any atom is 0.0658 e. The Morgan fingerprint density at radius 3 is 1.24 bits per heavy atom. The average molecular weight is 378 g/mol. The van der Waals surface area contributed by atoms with Gasteiger partial charge < -0.3 is 9.97 Å². The summed E-state index contributed by atoms with van der Waals surface area (Å²) < 4.78 is 0. The van der Waals surface area contributed by atoms with Crippen LogP contribution in [0.3, 0.4) is 0 Å². The first-order valence-electron chi connectivity index (χ1n) is 9.28. The van der Waals surface area contributed by atoms with E-state index in [1.54, 1.807) is 12.4 Å². The topological polar surface area (TPSA) is 86.0 Å². The molecule has 6 rings (SSSR count). The van der Waals surface area contributed by atoms with E-state index in [-0.39, 0.29) is 0 Å². The first-order chi connectivity index (χ1) is 14.3. The lowest BCUT2D eigenvalue weighted by Crippen LogP contribution is -1.75. The van der Waals surface area contributed by atoms with Crippen LogP contribution in [0, 0.1) is 0 Å². The van der Waals surface area contributed by atoms with Crippen LogP contribution in [0.5, 0.6) is 0 Å². The predicted molar refractivity (Wildman–Crippen MR) is 117 cm³/mol. The summed E-state index contributed by atoms with van der Waals surface area (Å²) in [5.41, 5.74) is 7.86. The van der Waals surface area contributed by atoms with Crippen LogP contribution in [0.1, 0.15) is 22.8 Å². The molecule has 0 aliphatic carbocycles. The van der Waals surface area contributed by atoms with E-state index < -0.39 is 0 Å². The minimum Gasteiger partial charge on any atom is -0.355 e. The highest BCUT2D eigenvalue weighted by Gasteiger charge is 2.01. The second-order valence-electron chi connectivity index (χ2n) is 6.67. The zero-order valence-corrected chi connectivity index (χ0v) is 15.5. The zero-order chi connectivity index (χ0) is 19.5. The molecular formula is C23H18N6. The summed E-state index contributed by atoms with van der Waals surface area (Å²) in [4.78, 5) is 16.0. The molecule has 2 aliphatic heterocycles. The second-order valence-corrected chi connectivity index (χ2v) is 6.67. The highest BCUT2D eigenvalue weighted by molar-refractivity contribution is 5.77. The van der Waals surface area contributed by atoms with E-state index in [0.29, 0.717) is 0 Å². The third kappa shape index (κ3) is 4.06. The fourth-order valence-electron chi connectivity index (χ4n) is 3.16. The maximum atomic E-state index is 4.63. The molecule has 0 atom stereocenters. The molecule has 8 bridgehead atoms. The Kier molecular flexibility index (Phi) is 4.35. The third-order valence-electron chi connectivity index (χ3n) is 4.45. The normalized spacial score (nSPS) is 11.9. The Hall–Kier alpha value is -4.19. The summed E-state index contributed by atoms with van der Waals surface area (Å²) in [5, 5.41) is 6.21. The van der Waals surface area contributed by atoms with Crippen LogP contribution in [0.2, 0.25) is 0 Å². The largest absolute Gasteiger partial charge is 0.355 e. The molecular weight excluding hydrogens is 360 g/mol. The standard InChI is InChI=1S/C20H14N4.C3H4N2/c1-2-14-10-16-5-6-18(23-16)12-20-8-7-19(24-20)11-17-4-3-15(22-17)9-13(1)21-14;1-2-4-5-3-1/h1-12,21,24H;1-3H,(H,4,5). The van der Waals surface area contributed by atoms with Crippen molar-refractivity contribution in [2.24, 2.45) is 0 Å². The van der Waals surface area contributed by atoms with Crippen LogP contribution in [-0.4, -0.2) is 30.1 Å². The van der Waals surface area contributed by atoms with Gasteiger partial charge in [0.25, 0.3) is 0 Å². The van der Waals surface area contributed by atoms with Crippen molar-refractivity contribution < 1.29 is 0 Å². The van der Waals surface area contributed by atoms with Gasteiger partial charge in [-0.15, -0.1) is 0 Å². The molecule has 29 heavy (non-hydrogen) atoms. The summed E-state index contributed by atoms with van der Waals surface area (Å²) in [5.74, 6) is 0. The fraction of sp³-hybridized carbons (Fsp3) is 0. The van der Waals surface area contributed by atoms with Gasteiger partial charge in [0, 0.05) is 34.5 Å².